The van der Waals surface area contributed by atoms with Crippen molar-refractivity contribution in [1.82, 2.24) is 30.0 Å². The first-order chi connectivity index (χ1) is 13.5. The van der Waals surface area contributed by atoms with Crippen molar-refractivity contribution in [2.45, 2.75) is 47.0 Å². The smallest absolute Gasteiger partial charge is 0.273 e. The molecule has 0 saturated heterocycles. The van der Waals surface area contributed by atoms with Gasteiger partial charge in [0.2, 0.25) is 0 Å². The zero-order valence-corrected chi connectivity index (χ0v) is 17.2. The molecule has 3 rings (SSSR count). The number of nitrogens with one attached hydrogen (secondary N) is 3. The average Bonchev–Trinajstić information content (AvgIpc) is 3.23. The molecule has 0 unspecified atom stereocenters. The van der Waals surface area contributed by atoms with E-state index in [1.54, 1.807) is 18.6 Å². The van der Waals surface area contributed by atoms with Crippen molar-refractivity contribution in [3.8, 4) is 11.3 Å². The number of aryl methyl sites for hydroxylation is 1. The summed E-state index contributed by atoms with van der Waals surface area (Å²) in [5, 5.41) is 5.30. The average molecular weight is 383 g/mol. The van der Waals surface area contributed by atoms with E-state index in [-0.39, 0.29) is 5.56 Å². The van der Waals surface area contributed by atoms with Crippen molar-refractivity contribution in [3.63, 3.8) is 0 Å². The Morgan fingerprint density at radius 2 is 1.86 bits per heavy atom. The van der Waals surface area contributed by atoms with Crippen molar-refractivity contribution in [3.05, 3.63) is 57.2 Å². The molecule has 0 aliphatic rings. The number of aromatic amines is 3. The lowest BCUT2D eigenvalue weighted by Crippen LogP contribution is -2.24. The fraction of sp³-hybridized carbons (Fsp3) is 0.476. The van der Waals surface area contributed by atoms with Gasteiger partial charge in [0.25, 0.3) is 5.56 Å². The van der Waals surface area contributed by atoms with Gasteiger partial charge in [0.1, 0.15) is 0 Å². The van der Waals surface area contributed by atoms with Gasteiger partial charge >= 0.3 is 0 Å². The van der Waals surface area contributed by atoms with E-state index in [2.05, 4.69) is 57.7 Å². The Morgan fingerprint density at radius 1 is 1.11 bits per heavy atom. The van der Waals surface area contributed by atoms with E-state index in [9.17, 15) is 4.79 Å². The van der Waals surface area contributed by atoms with Crippen LogP contribution in [0.1, 0.15) is 48.5 Å². The van der Waals surface area contributed by atoms with E-state index in [1.165, 1.54) is 16.8 Å². The molecule has 28 heavy (non-hydrogen) atoms. The minimum Gasteiger partial charge on any atom is -0.362 e. The largest absolute Gasteiger partial charge is 0.362 e. The van der Waals surface area contributed by atoms with Crippen LogP contribution in [0.4, 0.5) is 0 Å². The fourth-order valence-corrected chi connectivity index (χ4v) is 3.80. The molecule has 3 N–H and O–H groups in total. The summed E-state index contributed by atoms with van der Waals surface area (Å²) in [7, 11) is 0. The van der Waals surface area contributed by atoms with Crippen LogP contribution in [0, 0.1) is 13.8 Å². The number of rotatable bonds is 9. The maximum atomic E-state index is 12.0. The van der Waals surface area contributed by atoms with Crippen LogP contribution in [0.15, 0.2) is 23.4 Å². The van der Waals surface area contributed by atoms with Crippen LogP contribution in [-0.4, -0.2) is 49.7 Å². The second-order valence-corrected chi connectivity index (χ2v) is 7.15. The van der Waals surface area contributed by atoms with E-state index in [1.807, 2.05) is 0 Å². The molecule has 0 saturated carbocycles. The molecule has 0 aromatic carbocycles. The van der Waals surface area contributed by atoms with Gasteiger partial charge < -0.3 is 15.0 Å². The molecule has 0 aliphatic carbocycles. The summed E-state index contributed by atoms with van der Waals surface area (Å²) in [4.78, 5) is 26.9. The lowest BCUT2D eigenvalue weighted by atomic mass is 10.0. The third kappa shape index (κ3) is 4.25. The molecule has 0 radical (unpaired) electrons. The summed E-state index contributed by atoms with van der Waals surface area (Å²) in [6.07, 6.45) is 7.77. The highest BCUT2D eigenvalue weighted by Crippen LogP contribution is 2.24. The quantitative estimate of drug-likeness (QED) is 0.530. The predicted molar refractivity (Wildman–Crippen MR) is 112 cm³/mol. The summed E-state index contributed by atoms with van der Waals surface area (Å²) in [6, 6.07) is 0. The summed E-state index contributed by atoms with van der Waals surface area (Å²) in [5.74, 6) is 0. The third-order valence-electron chi connectivity index (χ3n) is 5.51. The zero-order valence-electron chi connectivity index (χ0n) is 17.2. The van der Waals surface area contributed by atoms with Gasteiger partial charge in [-0.1, -0.05) is 13.8 Å². The molecule has 0 atom stereocenters. The molecular formula is C21H30N6O. The fourth-order valence-electron chi connectivity index (χ4n) is 3.80. The lowest BCUT2D eigenvalue weighted by Gasteiger charge is -2.17. The van der Waals surface area contributed by atoms with Gasteiger partial charge in [-0.15, -0.1) is 0 Å². The zero-order chi connectivity index (χ0) is 20.1. The van der Waals surface area contributed by atoms with Crippen molar-refractivity contribution in [1.29, 1.82) is 0 Å². The standard InChI is InChI=1S/C21H30N6O/c1-5-27(6-2)11-7-8-16-14(3)18(25-15(16)4)12-19-20(23-10-9-22-19)17-13-24-26-21(17)28/h9-10,13,25H,5-8,11-12H2,1-4H3,(H2,24,26,28). The Hall–Kier alpha value is -2.67. The Kier molecular flexibility index (Phi) is 6.46. The summed E-state index contributed by atoms with van der Waals surface area (Å²) in [5.41, 5.74) is 6.80. The molecule has 0 bridgehead atoms. The topological polar surface area (TPSA) is 93.5 Å². The van der Waals surface area contributed by atoms with Crippen LogP contribution in [0.5, 0.6) is 0 Å². The highest BCUT2D eigenvalue weighted by molar-refractivity contribution is 5.60. The molecular weight excluding hydrogens is 352 g/mol. The molecule has 3 aromatic rings. The van der Waals surface area contributed by atoms with Crippen molar-refractivity contribution < 1.29 is 0 Å². The number of H-pyrrole nitrogens is 3. The Bertz CT molecular complexity index is 963. The molecule has 0 fully saturated rings. The van der Waals surface area contributed by atoms with Gasteiger partial charge in [-0.2, -0.15) is 0 Å². The van der Waals surface area contributed by atoms with Crippen LogP contribution in [-0.2, 0) is 12.8 Å². The van der Waals surface area contributed by atoms with Gasteiger partial charge in [0.05, 0.1) is 17.0 Å². The van der Waals surface area contributed by atoms with Gasteiger partial charge in [0.15, 0.2) is 0 Å². The first kappa shape index (κ1) is 20.1. The van der Waals surface area contributed by atoms with Gasteiger partial charge in [-0.3, -0.25) is 19.9 Å². The van der Waals surface area contributed by atoms with E-state index < -0.39 is 0 Å². The Labute approximate surface area is 165 Å². The Balaban J connectivity index is 1.80. The lowest BCUT2D eigenvalue weighted by molar-refractivity contribution is 0.300. The molecule has 150 valence electrons. The van der Waals surface area contributed by atoms with Gasteiger partial charge in [-0.25, -0.2) is 0 Å². The van der Waals surface area contributed by atoms with E-state index >= 15 is 0 Å². The monoisotopic (exact) mass is 382 g/mol. The number of aromatic nitrogens is 5. The highest BCUT2D eigenvalue weighted by Gasteiger charge is 2.17. The van der Waals surface area contributed by atoms with Crippen molar-refractivity contribution in [2.24, 2.45) is 0 Å². The molecule has 3 heterocycles. The van der Waals surface area contributed by atoms with E-state index in [4.69, 9.17) is 0 Å². The maximum Gasteiger partial charge on any atom is 0.273 e. The van der Waals surface area contributed by atoms with Gasteiger partial charge in [-0.05, 0) is 57.5 Å². The van der Waals surface area contributed by atoms with Crippen LogP contribution in [0.2, 0.25) is 0 Å². The van der Waals surface area contributed by atoms with Crippen molar-refractivity contribution in [2.75, 3.05) is 19.6 Å². The molecule has 7 nitrogen and oxygen atoms in total. The first-order valence-electron chi connectivity index (χ1n) is 10.0. The first-order valence-corrected chi connectivity index (χ1v) is 10.0. The predicted octanol–water partition coefficient (Wildman–Crippen LogP) is 2.97. The summed E-state index contributed by atoms with van der Waals surface area (Å²) in [6.45, 7) is 12.0. The number of hydrogen-bond donors (Lipinski definition) is 3. The second kappa shape index (κ2) is 9.01. The molecule has 3 aromatic heterocycles. The van der Waals surface area contributed by atoms with Crippen LogP contribution >= 0.6 is 0 Å². The second-order valence-electron chi connectivity index (χ2n) is 7.15. The molecule has 0 aliphatic heterocycles. The van der Waals surface area contributed by atoms with Crippen LogP contribution < -0.4 is 5.56 Å². The third-order valence-corrected chi connectivity index (χ3v) is 5.51. The maximum absolute atomic E-state index is 12.0. The summed E-state index contributed by atoms with van der Waals surface area (Å²) >= 11 is 0. The normalized spacial score (nSPS) is 11.5. The van der Waals surface area contributed by atoms with Crippen LogP contribution in [0.25, 0.3) is 11.3 Å². The van der Waals surface area contributed by atoms with Gasteiger partial charge in [0, 0.05) is 36.4 Å². The Morgan fingerprint density at radius 3 is 2.54 bits per heavy atom. The van der Waals surface area contributed by atoms with Crippen molar-refractivity contribution >= 4 is 0 Å². The SMILES string of the molecule is CCN(CC)CCCc1c(C)[nH]c(Cc2nccnc2-c2c[nH][nH]c2=O)c1C. The molecule has 0 spiro atoms. The van der Waals surface area contributed by atoms with Crippen LogP contribution in [0.3, 0.4) is 0 Å². The van der Waals surface area contributed by atoms with E-state index in [0.29, 0.717) is 17.7 Å². The number of nitrogens with zero attached hydrogens (tertiary/aromatic N) is 3. The molecule has 7 heteroatoms. The molecule has 0 amide bonds. The summed E-state index contributed by atoms with van der Waals surface area (Å²) < 4.78 is 0. The highest BCUT2D eigenvalue weighted by atomic mass is 16.1. The number of hydrogen-bond acceptors (Lipinski definition) is 4. The minimum atomic E-state index is -0.182. The minimum absolute atomic E-state index is 0.182. The van der Waals surface area contributed by atoms with E-state index in [0.717, 1.165) is 43.9 Å².